The normalized spacial score (nSPS) is 24.3. The van der Waals surface area contributed by atoms with Crippen LogP contribution in [0.1, 0.15) is 17.5 Å². The molecular weight excluding hydrogens is 378 g/mol. The molecule has 9 nitrogen and oxygen atoms in total. The molecule has 2 aliphatic heterocycles. The van der Waals surface area contributed by atoms with Crippen LogP contribution in [0.3, 0.4) is 0 Å². The number of imidazole rings is 1. The molecular formula is C15H17N5O4S2. The van der Waals surface area contributed by atoms with Gasteiger partial charge in [-0.3, -0.25) is 4.57 Å². The van der Waals surface area contributed by atoms with E-state index in [9.17, 15) is 13.5 Å². The van der Waals surface area contributed by atoms with Crippen LogP contribution in [0.5, 0.6) is 0 Å². The fourth-order valence-corrected chi connectivity index (χ4v) is 4.99. The van der Waals surface area contributed by atoms with Gasteiger partial charge in [-0.05, 0) is 5.56 Å². The van der Waals surface area contributed by atoms with Crippen LogP contribution in [0, 0.1) is 0 Å². The Kier molecular flexibility index (Phi) is 4.39. The number of nitrogens with two attached hydrogens (primary N) is 1. The molecule has 1 fully saturated rings. The van der Waals surface area contributed by atoms with Gasteiger partial charge in [0.25, 0.3) is 0 Å². The first kappa shape index (κ1) is 17.3. The van der Waals surface area contributed by atoms with Crippen LogP contribution in [0.2, 0.25) is 0 Å². The minimum absolute atomic E-state index is 0.0991. The van der Waals surface area contributed by atoms with Crippen LogP contribution >= 0.6 is 11.8 Å². The topological polar surface area (TPSA) is 123 Å². The van der Waals surface area contributed by atoms with E-state index < -0.39 is 16.4 Å². The second-order valence-electron chi connectivity index (χ2n) is 5.81. The number of aliphatic hydroxyl groups is 1. The van der Waals surface area contributed by atoms with Crippen molar-refractivity contribution in [1.82, 2.24) is 9.55 Å². The number of anilines is 1. The zero-order valence-corrected chi connectivity index (χ0v) is 15.2. The van der Waals surface area contributed by atoms with Gasteiger partial charge >= 0.3 is 10.2 Å². The number of amidine groups is 1. The summed E-state index contributed by atoms with van der Waals surface area (Å²) in [7, 11) is -4.00. The predicted molar refractivity (Wildman–Crippen MR) is 98.0 cm³/mol. The van der Waals surface area contributed by atoms with E-state index in [4.69, 9.17) is 10.5 Å². The third-order valence-electron chi connectivity index (χ3n) is 4.10. The molecule has 0 unspecified atom stereocenters. The summed E-state index contributed by atoms with van der Waals surface area (Å²) in [6.45, 7) is -0.0182. The smallest absolute Gasteiger partial charge is 0.348 e. The second kappa shape index (κ2) is 6.58. The molecule has 0 saturated carbocycles. The van der Waals surface area contributed by atoms with Gasteiger partial charge in [-0.1, -0.05) is 30.3 Å². The van der Waals surface area contributed by atoms with Crippen molar-refractivity contribution in [2.24, 2.45) is 10.1 Å². The van der Waals surface area contributed by atoms with E-state index >= 15 is 0 Å². The number of rotatable bonds is 4. The first-order valence-electron chi connectivity index (χ1n) is 7.87. The first-order chi connectivity index (χ1) is 12.5. The van der Waals surface area contributed by atoms with Gasteiger partial charge in [-0.2, -0.15) is 8.42 Å². The lowest BCUT2D eigenvalue weighted by Crippen LogP contribution is -2.38. The van der Waals surface area contributed by atoms with Crippen molar-refractivity contribution in [1.29, 1.82) is 0 Å². The Morgan fingerprint density at radius 1 is 1.35 bits per heavy atom. The highest BCUT2D eigenvalue weighted by Gasteiger charge is 2.38. The molecule has 0 bridgehead atoms. The third kappa shape index (κ3) is 2.96. The van der Waals surface area contributed by atoms with Gasteiger partial charge in [0, 0.05) is 5.75 Å². The van der Waals surface area contributed by atoms with Crippen LogP contribution in [-0.2, 0) is 21.5 Å². The minimum Gasteiger partial charge on any atom is -0.393 e. The van der Waals surface area contributed by atoms with Gasteiger partial charge in [-0.25, -0.2) is 9.29 Å². The van der Waals surface area contributed by atoms with E-state index in [2.05, 4.69) is 9.38 Å². The molecule has 3 N–H and O–H groups in total. The lowest BCUT2D eigenvalue weighted by Gasteiger charge is -2.28. The summed E-state index contributed by atoms with van der Waals surface area (Å²) in [5.41, 5.74) is 6.58. The molecule has 26 heavy (non-hydrogen) atoms. The first-order valence-corrected chi connectivity index (χ1v) is 10.3. The molecule has 1 saturated heterocycles. The molecule has 4 rings (SSSR count). The molecule has 2 aliphatic rings. The fourth-order valence-electron chi connectivity index (χ4n) is 2.91. The van der Waals surface area contributed by atoms with Crippen molar-refractivity contribution in [3.63, 3.8) is 0 Å². The number of aliphatic hydroxyl groups excluding tert-OH is 1. The molecule has 2 atom stereocenters. The molecule has 3 heterocycles. The number of hydrogen-bond donors (Lipinski definition) is 2. The van der Waals surface area contributed by atoms with Crippen molar-refractivity contribution in [3.05, 3.63) is 47.9 Å². The maximum Gasteiger partial charge on any atom is 0.348 e. The minimum atomic E-state index is -4.00. The van der Waals surface area contributed by atoms with E-state index in [1.807, 2.05) is 30.3 Å². The van der Waals surface area contributed by atoms with Crippen LogP contribution in [0.4, 0.5) is 5.82 Å². The monoisotopic (exact) mass is 395 g/mol. The number of ether oxygens (including phenoxy) is 1. The molecule has 138 valence electrons. The molecule has 0 radical (unpaired) electrons. The summed E-state index contributed by atoms with van der Waals surface area (Å²) < 4.78 is 37.6. The molecule has 0 amide bonds. The maximum atomic E-state index is 12.7. The number of nitrogens with zero attached hydrogens (tertiary/aromatic N) is 4. The summed E-state index contributed by atoms with van der Waals surface area (Å²) in [6.07, 6.45) is 1.05. The Balaban J connectivity index is 1.77. The van der Waals surface area contributed by atoms with Gasteiger partial charge in [0.15, 0.2) is 11.7 Å². The van der Waals surface area contributed by atoms with Crippen molar-refractivity contribution < 1.29 is 18.3 Å². The zero-order chi connectivity index (χ0) is 18.3. The molecule has 0 aliphatic carbocycles. The largest absolute Gasteiger partial charge is 0.393 e. The lowest BCUT2D eigenvalue weighted by molar-refractivity contribution is -0.00298. The maximum absolute atomic E-state index is 12.7. The third-order valence-corrected chi connectivity index (χ3v) is 6.50. The Bertz CT molecular complexity index is 944. The van der Waals surface area contributed by atoms with Crippen LogP contribution in [0.25, 0.3) is 0 Å². The van der Waals surface area contributed by atoms with Crippen LogP contribution < -0.4 is 10.0 Å². The van der Waals surface area contributed by atoms with Gasteiger partial charge < -0.3 is 15.6 Å². The number of thioether (sulfide) groups is 1. The molecule has 0 spiro atoms. The Hall–Kier alpha value is -2.08. The quantitative estimate of drug-likeness (QED) is 0.770. The number of aromatic nitrogens is 2. The van der Waals surface area contributed by atoms with Gasteiger partial charge in [0.1, 0.15) is 17.4 Å². The van der Waals surface area contributed by atoms with Crippen molar-refractivity contribution >= 4 is 33.6 Å². The summed E-state index contributed by atoms with van der Waals surface area (Å²) in [6, 6.07) is 9.20. The predicted octanol–water partition coefficient (Wildman–Crippen LogP) is 0.434. The number of hydrogen-bond acceptors (Lipinski definition) is 7. The Labute approximate surface area is 154 Å². The van der Waals surface area contributed by atoms with E-state index in [1.54, 1.807) is 4.57 Å². The zero-order valence-electron chi connectivity index (χ0n) is 13.6. The molecule has 1 aromatic heterocycles. The fraction of sp³-hybridized carbons (Fsp3) is 0.333. The Morgan fingerprint density at radius 2 is 2.12 bits per heavy atom. The van der Waals surface area contributed by atoms with Crippen molar-refractivity contribution in [3.8, 4) is 0 Å². The van der Waals surface area contributed by atoms with E-state index in [0.717, 1.165) is 5.56 Å². The van der Waals surface area contributed by atoms with Gasteiger partial charge in [0.2, 0.25) is 0 Å². The highest BCUT2D eigenvalue weighted by molar-refractivity contribution is 8.00. The average molecular weight is 395 g/mol. The highest BCUT2D eigenvalue weighted by Crippen LogP contribution is 2.37. The summed E-state index contributed by atoms with van der Waals surface area (Å²) in [5, 5.41) is 9.28. The van der Waals surface area contributed by atoms with Crippen LogP contribution in [-0.4, -0.2) is 46.7 Å². The van der Waals surface area contributed by atoms with Crippen LogP contribution in [0.15, 0.2) is 41.1 Å². The molecule has 2 aromatic rings. The number of benzene rings is 1. The van der Waals surface area contributed by atoms with E-state index in [-0.39, 0.29) is 24.4 Å². The number of fused-ring (bicyclic) bond motifs is 1. The average Bonchev–Trinajstić information content (AvgIpc) is 3.25. The van der Waals surface area contributed by atoms with Crippen molar-refractivity contribution in [2.75, 3.05) is 16.7 Å². The second-order valence-corrected chi connectivity index (χ2v) is 8.52. The summed E-state index contributed by atoms with van der Waals surface area (Å²) in [5.74, 6) is 0.738. The SMILES string of the molecule is NC1=NS(=O)(=O)N(Cc2ccccc2)c2c1ncn2[C@H]1CS[C@@H](CO)O1. The highest BCUT2D eigenvalue weighted by atomic mass is 32.2. The summed E-state index contributed by atoms with van der Waals surface area (Å²) in [4.78, 5) is 4.24. The van der Waals surface area contributed by atoms with E-state index in [1.165, 1.54) is 22.4 Å². The van der Waals surface area contributed by atoms with Gasteiger partial charge in [0.05, 0.1) is 19.5 Å². The van der Waals surface area contributed by atoms with E-state index in [0.29, 0.717) is 17.3 Å². The molecule has 11 heteroatoms. The Morgan fingerprint density at radius 3 is 2.81 bits per heavy atom. The summed E-state index contributed by atoms with van der Waals surface area (Å²) >= 11 is 1.45. The standard InChI is InChI=1S/C15H17N5O4S2/c16-14-13-15(19(9-17-13)11-8-25-12(7-21)24-11)20(26(22,23)18-14)6-10-4-2-1-3-5-10/h1-5,9,11-12,21H,6-8H2,(H2,16,18)/t11-,12+/m1/s1. The lowest BCUT2D eigenvalue weighted by atomic mass is 10.2. The van der Waals surface area contributed by atoms with Crippen molar-refractivity contribution in [2.45, 2.75) is 18.2 Å². The van der Waals surface area contributed by atoms with Gasteiger partial charge in [-0.15, -0.1) is 16.2 Å². The molecule has 1 aromatic carbocycles.